The zero-order valence-corrected chi connectivity index (χ0v) is 23.2. The molecule has 8 nitrogen and oxygen atoms in total. The van der Waals surface area contributed by atoms with Gasteiger partial charge in [0.2, 0.25) is 0 Å². The number of aryl methyl sites for hydroxylation is 1. The summed E-state index contributed by atoms with van der Waals surface area (Å²) in [6.45, 7) is 9.15. The predicted octanol–water partition coefficient (Wildman–Crippen LogP) is 6.03. The van der Waals surface area contributed by atoms with Crippen LogP contribution in [-0.4, -0.2) is 37.7 Å². The van der Waals surface area contributed by atoms with Crippen molar-refractivity contribution in [1.29, 1.82) is 0 Å². The summed E-state index contributed by atoms with van der Waals surface area (Å²) < 4.78 is 17.5. The summed E-state index contributed by atoms with van der Waals surface area (Å²) in [5.41, 5.74) is 3.02. The SMILES string of the molecule is CCOc1cc(/C=C2/C(=O)NC(=O)N(c3ccc(C)cc3)C2=O)ccc1OCCOc1ccc([C@H](C)CC)cc1. The fourth-order valence-corrected chi connectivity index (χ4v) is 4.19. The zero-order chi connectivity index (χ0) is 28.6. The summed E-state index contributed by atoms with van der Waals surface area (Å²) in [7, 11) is 0. The van der Waals surface area contributed by atoms with Crippen molar-refractivity contribution in [2.24, 2.45) is 0 Å². The van der Waals surface area contributed by atoms with E-state index in [9.17, 15) is 14.4 Å². The minimum Gasteiger partial charge on any atom is -0.490 e. The average Bonchev–Trinajstić information content (AvgIpc) is 2.95. The molecule has 0 aliphatic carbocycles. The maximum atomic E-state index is 13.2. The van der Waals surface area contributed by atoms with E-state index in [0.29, 0.717) is 48.5 Å². The molecule has 0 bridgehead atoms. The van der Waals surface area contributed by atoms with E-state index >= 15 is 0 Å². The first-order valence-electron chi connectivity index (χ1n) is 13.4. The molecule has 0 spiro atoms. The second-order valence-electron chi connectivity index (χ2n) is 9.51. The normalized spacial score (nSPS) is 15.2. The number of nitrogens with one attached hydrogen (secondary N) is 1. The van der Waals surface area contributed by atoms with Crippen molar-refractivity contribution in [3.8, 4) is 17.2 Å². The highest BCUT2D eigenvalue weighted by atomic mass is 16.5. The summed E-state index contributed by atoms with van der Waals surface area (Å²) in [4.78, 5) is 39.1. The van der Waals surface area contributed by atoms with Crippen LogP contribution in [0.15, 0.2) is 72.3 Å². The van der Waals surface area contributed by atoms with Gasteiger partial charge >= 0.3 is 6.03 Å². The molecule has 4 amide bonds. The van der Waals surface area contributed by atoms with Crippen LogP contribution < -0.4 is 24.4 Å². The minimum absolute atomic E-state index is 0.163. The predicted molar refractivity (Wildman–Crippen MR) is 154 cm³/mol. The van der Waals surface area contributed by atoms with Crippen molar-refractivity contribution in [3.63, 3.8) is 0 Å². The number of hydrogen-bond acceptors (Lipinski definition) is 6. The molecule has 0 unspecified atom stereocenters. The molecule has 0 saturated carbocycles. The molecule has 40 heavy (non-hydrogen) atoms. The number of anilines is 1. The molecular formula is C32H34N2O6. The van der Waals surface area contributed by atoms with Crippen molar-refractivity contribution >= 4 is 29.6 Å². The van der Waals surface area contributed by atoms with Crippen LogP contribution in [-0.2, 0) is 9.59 Å². The number of rotatable bonds is 11. The number of barbiturate groups is 1. The zero-order valence-electron chi connectivity index (χ0n) is 23.2. The molecule has 1 fully saturated rings. The van der Waals surface area contributed by atoms with Crippen LogP contribution in [0.1, 0.15) is 49.8 Å². The van der Waals surface area contributed by atoms with Gasteiger partial charge in [-0.25, -0.2) is 9.69 Å². The number of urea groups is 1. The van der Waals surface area contributed by atoms with Crippen molar-refractivity contribution in [3.05, 3.63) is 89.0 Å². The van der Waals surface area contributed by atoms with Gasteiger partial charge in [0.05, 0.1) is 12.3 Å². The lowest BCUT2D eigenvalue weighted by Gasteiger charge is -2.26. The maximum Gasteiger partial charge on any atom is 0.335 e. The number of benzene rings is 3. The van der Waals surface area contributed by atoms with Crippen LogP contribution in [0, 0.1) is 6.92 Å². The molecule has 0 aromatic heterocycles. The maximum absolute atomic E-state index is 13.2. The number of carbonyl (C=O) groups is 3. The molecular weight excluding hydrogens is 508 g/mol. The first-order chi connectivity index (χ1) is 19.3. The molecule has 3 aromatic rings. The van der Waals surface area contributed by atoms with Crippen LogP contribution in [0.2, 0.25) is 0 Å². The highest BCUT2D eigenvalue weighted by molar-refractivity contribution is 6.39. The summed E-state index contributed by atoms with van der Waals surface area (Å²) in [6.07, 6.45) is 2.52. The van der Waals surface area contributed by atoms with E-state index in [4.69, 9.17) is 14.2 Å². The molecule has 1 aliphatic rings. The van der Waals surface area contributed by atoms with Crippen LogP contribution >= 0.6 is 0 Å². The molecule has 1 N–H and O–H groups in total. The van der Waals surface area contributed by atoms with E-state index in [1.807, 2.05) is 26.0 Å². The Morgan fingerprint density at radius 1 is 0.850 bits per heavy atom. The summed E-state index contributed by atoms with van der Waals surface area (Å²) in [6, 6.07) is 19.3. The largest absolute Gasteiger partial charge is 0.490 e. The summed E-state index contributed by atoms with van der Waals surface area (Å²) in [5.74, 6) is 0.793. The van der Waals surface area contributed by atoms with Crippen molar-refractivity contribution in [2.75, 3.05) is 24.7 Å². The number of ether oxygens (including phenoxy) is 3. The Labute approximate surface area is 234 Å². The van der Waals surface area contributed by atoms with Crippen molar-refractivity contribution in [1.82, 2.24) is 5.32 Å². The van der Waals surface area contributed by atoms with Crippen LogP contribution in [0.5, 0.6) is 17.2 Å². The Kier molecular flexibility index (Phi) is 9.22. The number of imide groups is 2. The van der Waals surface area contributed by atoms with E-state index in [2.05, 4.69) is 31.3 Å². The Balaban J connectivity index is 1.45. The van der Waals surface area contributed by atoms with E-state index in [-0.39, 0.29) is 5.57 Å². The topological polar surface area (TPSA) is 94.2 Å². The quantitative estimate of drug-likeness (QED) is 0.181. The Morgan fingerprint density at radius 3 is 2.23 bits per heavy atom. The van der Waals surface area contributed by atoms with E-state index in [1.54, 1.807) is 42.5 Å². The van der Waals surface area contributed by atoms with Gasteiger partial charge in [-0.2, -0.15) is 0 Å². The number of amides is 4. The van der Waals surface area contributed by atoms with E-state index in [1.165, 1.54) is 11.6 Å². The smallest absolute Gasteiger partial charge is 0.335 e. The van der Waals surface area contributed by atoms with Crippen LogP contribution in [0.4, 0.5) is 10.5 Å². The summed E-state index contributed by atoms with van der Waals surface area (Å²) in [5, 5.41) is 2.24. The molecule has 0 radical (unpaired) electrons. The van der Waals surface area contributed by atoms with Crippen molar-refractivity contribution < 1.29 is 28.6 Å². The first kappa shape index (κ1) is 28.4. The molecule has 1 atom stereocenters. The molecule has 8 heteroatoms. The third kappa shape index (κ3) is 6.69. The fourth-order valence-electron chi connectivity index (χ4n) is 4.19. The Morgan fingerprint density at radius 2 is 1.55 bits per heavy atom. The number of nitrogens with zero attached hydrogens (tertiary/aromatic N) is 1. The van der Waals surface area contributed by atoms with Gasteiger partial charge in [-0.05, 0) is 79.8 Å². The lowest BCUT2D eigenvalue weighted by molar-refractivity contribution is -0.122. The highest BCUT2D eigenvalue weighted by Crippen LogP contribution is 2.30. The lowest BCUT2D eigenvalue weighted by Crippen LogP contribution is -2.54. The van der Waals surface area contributed by atoms with Crippen LogP contribution in [0.3, 0.4) is 0 Å². The fraction of sp³-hybridized carbons (Fsp3) is 0.281. The third-order valence-corrected chi connectivity index (χ3v) is 6.64. The molecule has 1 aliphatic heterocycles. The Hall–Kier alpha value is -4.59. The highest BCUT2D eigenvalue weighted by Gasteiger charge is 2.36. The van der Waals surface area contributed by atoms with Gasteiger partial charge in [-0.15, -0.1) is 0 Å². The van der Waals surface area contributed by atoms with Gasteiger partial charge in [0.1, 0.15) is 24.5 Å². The lowest BCUT2D eigenvalue weighted by atomic mass is 9.99. The standard InChI is InChI=1S/C32H34N2O6/c1-5-22(4)24-10-14-26(15-11-24)39-17-18-40-28-16-9-23(20-29(28)38-6-2)19-27-30(35)33-32(37)34(31(27)36)25-12-7-21(3)8-13-25/h7-16,19-20,22H,5-6,17-18H2,1-4H3,(H,33,35,37)/b27-19-/t22-/m1/s1. The van der Waals surface area contributed by atoms with Crippen molar-refractivity contribution in [2.45, 2.75) is 40.0 Å². The van der Waals surface area contributed by atoms with Gasteiger partial charge in [0.15, 0.2) is 11.5 Å². The average molecular weight is 543 g/mol. The molecule has 1 saturated heterocycles. The number of carbonyl (C=O) groups excluding carboxylic acids is 3. The van der Waals surface area contributed by atoms with E-state index in [0.717, 1.165) is 22.6 Å². The molecule has 3 aromatic carbocycles. The van der Waals surface area contributed by atoms with Gasteiger partial charge in [-0.1, -0.05) is 49.7 Å². The van der Waals surface area contributed by atoms with E-state index < -0.39 is 17.8 Å². The molecule has 4 rings (SSSR count). The third-order valence-electron chi connectivity index (χ3n) is 6.64. The number of hydrogen-bond donors (Lipinski definition) is 1. The van der Waals surface area contributed by atoms with Gasteiger partial charge in [0.25, 0.3) is 11.8 Å². The Bertz CT molecular complexity index is 1400. The van der Waals surface area contributed by atoms with Gasteiger partial charge in [0, 0.05) is 0 Å². The van der Waals surface area contributed by atoms with Gasteiger partial charge < -0.3 is 14.2 Å². The second kappa shape index (κ2) is 13.0. The monoisotopic (exact) mass is 542 g/mol. The van der Waals surface area contributed by atoms with Gasteiger partial charge in [-0.3, -0.25) is 14.9 Å². The molecule has 208 valence electrons. The summed E-state index contributed by atoms with van der Waals surface area (Å²) >= 11 is 0. The first-order valence-corrected chi connectivity index (χ1v) is 13.4. The minimum atomic E-state index is -0.788. The molecule has 1 heterocycles. The van der Waals surface area contributed by atoms with Crippen LogP contribution in [0.25, 0.3) is 6.08 Å². The second-order valence-corrected chi connectivity index (χ2v) is 9.51.